The molecule has 2 heterocycles. The average Bonchev–Trinajstić information content (AvgIpc) is 3.62. The van der Waals surface area contributed by atoms with Crippen molar-refractivity contribution < 1.29 is 9.53 Å². The Kier molecular flexibility index (Phi) is 5.80. The lowest BCUT2D eigenvalue weighted by molar-refractivity contribution is -0.124. The van der Waals surface area contributed by atoms with E-state index in [4.69, 9.17) is 4.74 Å². The van der Waals surface area contributed by atoms with Crippen molar-refractivity contribution in [3.05, 3.63) is 60.3 Å². The number of aromatic nitrogens is 3. The van der Waals surface area contributed by atoms with E-state index in [0.29, 0.717) is 18.4 Å². The van der Waals surface area contributed by atoms with Crippen LogP contribution in [0.25, 0.3) is 16.9 Å². The number of rotatable bonds is 7. The molecule has 1 aliphatic heterocycles. The molecule has 8 nitrogen and oxygen atoms in total. The van der Waals surface area contributed by atoms with Gasteiger partial charge in [-0.2, -0.15) is 5.26 Å². The van der Waals surface area contributed by atoms with E-state index in [9.17, 15) is 10.1 Å². The number of carbonyl (C=O) groups is 1. The molecule has 3 aromatic rings. The van der Waals surface area contributed by atoms with Crippen molar-refractivity contribution in [3.8, 4) is 28.8 Å². The highest BCUT2D eigenvalue weighted by Gasteiger charge is 2.43. The Hall–Kier alpha value is -3.70. The smallest absolute Gasteiger partial charge is 0.238 e. The van der Waals surface area contributed by atoms with Crippen molar-refractivity contribution in [2.24, 2.45) is 5.92 Å². The highest BCUT2D eigenvalue weighted by molar-refractivity contribution is 5.83. The van der Waals surface area contributed by atoms with Crippen LogP contribution in [0.15, 0.2) is 54.7 Å². The fourth-order valence-electron chi connectivity index (χ4n) is 4.85. The molecule has 2 aliphatic rings. The molecule has 33 heavy (non-hydrogen) atoms. The van der Waals surface area contributed by atoms with E-state index >= 15 is 0 Å². The van der Waals surface area contributed by atoms with Crippen LogP contribution in [0.3, 0.4) is 0 Å². The van der Waals surface area contributed by atoms with E-state index in [1.165, 1.54) is 0 Å². The fourth-order valence-corrected chi connectivity index (χ4v) is 4.85. The lowest BCUT2D eigenvalue weighted by Gasteiger charge is -2.23. The molecule has 1 aromatic heterocycles. The second-order valence-corrected chi connectivity index (χ2v) is 8.75. The predicted octanol–water partition coefficient (Wildman–Crippen LogP) is 2.63. The van der Waals surface area contributed by atoms with Crippen LogP contribution >= 0.6 is 0 Å². The normalized spacial score (nSPS) is 22.0. The van der Waals surface area contributed by atoms with Crippen molar-refractivity contribution in [1.29, 1.82) is 5.26 Å². The summed E-state index contributed by atoms with van der Waals surface area (Å²) in [5, 5.41) is 24.4. The molecule has 2 bridgehead atoms. The van der Waals surface area contributed by atoms with Gasteiger partial charge in [0.2, 0.25) is 5.91 Å². The number of ether oxygens (including phenoxy) is 1. The second-order valence-electron chi connectivity index (χ2n) is 8.75. The molecule has 1 saturated carbocycles. The number of benzene rings is 2. The van der Waals surface area contributed by atoms with Gasteiger partial charge in [-0.05, 0) is 67.1 Å². The Morgan fingerprint density at radius 3 is 2.67 bits per heavy atom. The van der Waals surface area contributed by atoms with Gasteiger partial charge in [0.25, 0.3) is 0 Å². The maximum atomic E-state index is 12.6. The van der Waals surface area contributed by atoms with Crippen LogP contribution in [0.1, 0.15) is 24.8 Å². The Labute approximate surface area is 192 Å². The maximum Gasteiger partial charge on any atom is 0.238 e. The standard InChI is InChI=1S/C25H26N6O2/c1-33-22-10-5-17(6-11-22)23-15-31(30-29-23)21-8-2-16(3-9-21)12-20(14-26)28-25(32)24-18-4-7-19(13-18)27-24/h2-3,5-6,8-11,15,18-20,24,27H,4,7,12-13H2,1H3,(H,28,32). The van der Waals surface area contributed by atoms with Crippen molar-refractivity contribution in [2.45, 2.75) is 43.8 Å². The van der Waals surface area contributed by atoms with Gasteiger partial charge in [-0.25, -0.2) is 4.68 Å². The Morgan fingerprint density at radius 2 is 2.03 bits per heavy atom. The summed E-state index contributed by atoms with van der Waals surface area (Å²) < 4.78 is 6.91. The SMILES string of the molecule is COc1ccc(-c2cn(-c3ccc(CC(C#N)NC(=O)C4NC5CCC4C5)cc3)nn2)cc1. The zero-order chi connectivity index (χ0) is 22.8. The van der Waals surface area contributed by atoms with Crippen molar-refractivity contribution >= 4 is 5.91 Å². The minimum Gasteiger partial charge on any atom is -0.497 e. The highest BCUT2D eigenvalue weighted by atomic mass is 16.5. The number of hydrogen-bond donors (Lipinski definition) is 2. The van der Waals surface area contributed by atoms with Gasteiger partial charge >= 0.3 is 0 Å². The van der Waals surface area contributed by atoms with E-state index in [-0.39, 0.29) is 11.9 Å². The van der Waals surface area contributed by atoms with Crippen LogP contribution in [-0.4, -0.2) is 46.1 Å². The van der Waals surface area contributed by atoms with E-state index in [2.05, 4.69) is 27.0 Å². The number of fused-ring (bicyclic) bond motifs is 2. The summed E-state index contributed by atoms with van der Waals surface area (Å²) in [5.74, 6) is 1.14. The number of methoxy groups -OCH3 is 1. The second kappa shape index (κ2) is 9.04. The molecule has 0 spiro atoms. The first-order valence-electron chi connectivity index (χ1n) is 11.2. The van der Waals surface area contributed by atoms with Crippen LogP contribution in [0.4, 0.5) is 0 Å². The molecule has 4 atom stereocenters. The molecule has 2 aromatic carbocycles. The third-order valence-electron chi connectivity index (χ3n) is 6.63. The van der Waals surface area contributed by atoms with Crippen molar-refractivity contribution in [3.63, 3.8) is 0 Å². The van der Waals surface area contributed by atoms with Gasteiger partial charge in [0.15, 0.2) is 0 Å². The zero-order valence-electron chi connectivity index (χ0n) is 18.4. The predicted molar refractivity (Wildman–Crippen MR) is 123 cm³/mol. The number of hydrogen-bond acceptors (Lipinski definition) is 6. The molecule has 0 radical (unpaired) electrons. The molecular weight excluding hydrogens is 416 g/mol. The van der Waals surface area contributed by atoms with Gasteiger partial charge in [0.05, 0.1) is 31.1 Å². The summed E-state index contributed by atoms with van der Waals surface area (Å²) >= 11 is 0. The molecule has 4 unspecified atom stereocenters. The number of nitrogens with zero attached hydrogens (tertiary/aromatic N) is 4. The summed E-state index contributed by atoms with van der Waals surface area (Å²) in [5.41, 5.74) is 3.57. The molecule has 8 heteroatoms. The first-order valence-corrected chi connectivity index (χ1v) is 11.2. The Balaban J connectivity index is 1.21. The van der Waals surface area contributed by atoms with Gasteiger partial charge in [-0.3, -0.25) is 4.79 Å². The number of amides is 1. The molecule has 5 rings (SSSR count). The molecule has 1 aliphatic carbocycles. The summed E-state index contributed by atoms with van der Waals surface area (Å²) in [6, 6.07) is 17.4. The minimum absolute atomic E-state index is 0.0564. The highest BCUT2D eigenvalue weighted by Crippen LogP contribution is 2.35. The van der Waals surface area contributed by atoms with E-state index in [1.54, 1.807) is 11.8 Å². The van der Waals surface area contributed by atoms with Gasteiger partial charge in [0.1, 0.15) is 17.5 Å². The third kappa shape index (κ3) is 4.45. The lowest BCUT2D eigenvalue weighted by Crippen LogP contribution is -2.50. The van der Waals surface area contributed by atoms with E-state index in [1.807, 2.05) is 54.7 Å². The summed E-state index contributed by atoms with van der Waals surface area (Å²) in [7, 11) is 1.64. The first-order chi connectivity index (χ1) is 16.1. The quantitative estimate of drug-likeness (QED) is 0.583. The van der Waals surface area contributed by atoms with Crippen LogP contribution in [0.2, 0.25) is 0 Å². The molecule has 1 saturated heterocycles. The number of nitriles is 1. The average molecular weight is 443 g/mol. The largest absolute Gasteiger partial charge is 0.497 e. The Bertz CT molecular complexity index is 1160. The van der Waals surface area contributed by atoms with Crippen LogP contribution < -0.4 is 15.4 Å². The summed E-state index contributed by atoms with van der Waals surface area (Å²) in [6.45, 7) is 0. The van der Waals surface area contributed by atoms with Crippen molar-refractivity contribution in [1.82, 2.24) is 25.6 Å². The van der Waals surface area contributed by atoms with E-state index in [0.717, 1.165) is 47.5 Å². The third-order valence-corrected chi connectivity index (χ3v) is 6.63. The lowest BCUT2D eigenvalue weighted by atomic mass is 9.98. The van der Waals surface area contributed by atoms with Gasteiger partial charge in [-0.1, -0.05) is 17.3 Å². The maximum absolute atomic E-state index is 12.6. The minimum atomic E-state index is -0.558. The summed E-state index contributed by atoms with van der Waals surface area (Å²) in [6.07, 6.45) is 5.64. The summed E-state index contributed by atoms with van der Waals surface area (Å²) in [4.78, 5) is 12.6. The molecule has 2 N–H and O–H groups in total. The van der Waals surface area contributed by atoms with Gasteiger partial charge < -0.3 is 15.4 Å². The van der Waals surface area contributed by atoms with Crippen LogP contribution in [-0.2, 0) is 11.2 Å². The fraction of sp³-hybridized carbons (Fsp3) is 0.360. The molecule has 2 fully saturated rings. The number of carbonyl (C=O) groups excluding carboxylic acids is 1. The van der Waals surface area contributed by atoms with Crippen molar-refractivity contribution in [2.75, 3.05) is 7.11 Å². The Morgan fingerprint density at radius 1 is 1.24 bits per heavy atom. The monoisotopic (exact) mass is 442 g/mol. The first kappa shape index (κ1) is 21.2. The van der Waals surface area contributed by atoms with E-state index < -0.39 is 6.04 Å². The van der Waals surface area contributed by atoms with Crippen LogP contribution in [0, 0.1) is 17.2 Å². The van der Waals surface area contributed by atoms with Gasteiger partial charge in [0, 0.05) is 18.0 Å². The van der Waals surface area contributed by atoms with Crippen LogP contribution in [0.5, 0.6) is 5.75 Å². The number of nitrogens with one attached hydrogen (secondary N) is 2. The topological polar surface area (TPSA) is 105 Å². The molecule has 1 amide bonds. The molecule has 168 valence electrons. The molecular formula is C25H26N6O2. The zero-order valence-corrected chi connectivity index (χ0v) is 18.4. The number of piperidine rings is 1. The van der Waals surface area contributed by atoms with Gasteiger partial charge in [-0.15, -0.1) is 5.10 Å².